The molecule has 3 atom stereocenters. The summed E-state index contributed by atoms with van der Waals surface area (Å²) < 4.78 is 0. The van der Waals surface area contributed by atoms with E-state index >= 15 is 0 Å². The second-order valence-corrected chi connectivity index (χ2v) is 5.82. The third-order valence-corrected chi connectivity index (χ3v) is 4.53. The maximum absolute atomic E-state index is 12.4. The van der Waals surface area contributed by atoms with Crippen LogP contribution in [0.4, 0.5) is 0 Å². The molecule has 1 heterocycles. The summed E-state index contributed by atoms with van der Waals surface area (Å²) in [4.78, 5) is 25.5. The van der Waals surface area contributed by atoms with E-state index in [9.17, 15) is 9.59 Å². The second-order valence-electron chi connectivity index (χ2n) is 5.82. The Kier molecular flexibility index (Phi) is 4.25. The van der Waals surface area contributed by atoms with Crippen LogP contribution >= 0.6 is 0 Å². The van der Waals surface area contributed by atoms with E-state index in [0.717, 1.165) is 6.42 Å². The van der Waals surface area contributed by atoms with E-state index in [1.807, 2.05) is 11.9 Å². The molecule has 1 saturated carbocycles. The van der Waals surface area contributed by atoms with Crippen LogP contribution in [-0.4, -0.2) is 36.3 Å². The molecule has 1 saturated heterocycles. The molecule has 0 aromatic heterocycles. The van der Waals surface area contributed by atoms with E-state index in [4.69, 9.17) is 0 Å². The van der Waals surface area contributed by atoms with Gasteiger partial charge in [-0.1, -0.05) is 19.8 Å². The van der Waals surface area contributed by atoms with E-state index in [1.165, 1.54) is 19.3 Å². The van der Waals surface area contributed by atoms with Gasteiger partial charge in [-0.2, -0.15) is 0 Å². The van der Waals surface area contributed by atoms with Crippen molar-refractivity contribution >= 4 is 11.8 Å². The molecule has 2 amide bonds. The predicted octanol–water partition coefficient (Wildman–Crippen LogP) is 1.55. The zero-order valence-electron chi connectivity index (χ0n) is 11.4. The Labute approximate surface area is 109 Å². The molecule has 2 aliphatic rings. The smallest absolute Gasteiger partial charge is 0.227 e. The molecule has 1 aliphatic carbocycles. The number of carbonyl (C=O) groups excluding carboxylic acids is 2. The molecule has 0 bridgehead atoms. The summed E-state index contributed by atoms with van der Waals surface area (Å²) in [6, 6.07) is 0.392. The van der Waals surface area contributed by atoms with Gasteiger partial charge in [0.1, 0.15) is 0 Å². The topological polar surface area (TPSA) is 49.4 Å². The lowest BCUT2D eigenvalue weighted by molar-refractivity contribution is -0.139. The highest BCUT2D eigenvalue weighted by Crippen LogP contribution is 2.28. The van der Waals surface area contributed by atoms with Crippen molar-refractivity contribution in [3.05, 3.63) is 0 Å². The van der Waals surface area contributed by atoms with Gasteiger partial charge in [0.05, 0.1) is 5.92 Å². The molecule has 102 valence electrons. The van der Waals surface area contributed by atoms with Gasteiger partial charge < -0.3 is 10.2 Å². The van der Waals surface area contributed by atoms with Crippen molar-refractivity contribution in [1.82, 2.24) is 10.2 Å². The summed E-state index contributed by atoms with van der Waals surface area (Å²) in [5.74, 6) is 0.884. The molecule has 3 unspecified atom stereocenters. The summed E-state index contributed by atoms with van der Waals surface area (Å²) in [6.45, 7) is 2.76. The normalized spacial score (nSPS) is 32.8. The lowest BCUT2D eigenvalue weighted by Crippen LogP contribution is -2.49. The van der Waals surface area contributed by atoms with E-state index in [-0.39, 0.29) is 17.7 Å². The summed E-state index contributed by atoms with van der Waals surface area (Å²) >= 11 is 0. The third kappa shape index (κ3) is 2.85. The molecular weight excluding hydrogens is 228 g/mol. The molecule has 0 spiro atoms. The Morgan fingerprint density at radius 1 is 1.28 bits per heavy atom. The Morgan fingerprint density at radius 3 is 2.61 bits per heavy atom. The first-order chi connectivity index (χ1) is 8.59. The quantitative estimate of drug-likeness (QED) is 0.810. The molecule has 2 fully saturated rings. The van der Waals surface area contributed by atoms with Crippen molar-refractivity contribution in [2.24, 2.45) is 11.8 Å². The Bertz CT molecular complexity index is 320. The molecule has 4 heteroatoms. The van der Waals surface area contributed by atoms with Gasteiger partial charge in [-0.05, 0) is 25.2 Å². The van der Waals surface area contributed by atoms with Gasteiger partial charge >= 0.3 is 0 Å². The van der Waals surface area contributed by atoms with Crippen molar-refractivity contribution in [3.8, 4) is 0 Å². The van der Waals surface area contributed by atoms with Crippen molar-refractivity contribution in [2.75, 3.05) is 13.6 Å². The van der Waals surface area contributed by atoms with Crippen LogP contribution in [-0.2, 0) is 9.59 Å². The number of nitrogens with zero attached hydrogens (tertiary/aromatic N) is 1. The molecule has 4 nitrogen and oxygen atoms in total. The molecule has 1 N–H and O–H groups in total. The standard InChI is InChI=1S/C14H24N2O2/c1-10-5-3-4-6-12(10)16(2)14(18)11-7-8-13(17)15-9-11/h10-12H,3-9H2,1-2H3,(H,15,17). The molecule has 0 aromatic rings. The average Bonchev–Trinajstić information content (AvgIpc) is 2.38. The van der Waals surface area contributed by atoms with Crippen LogP contribution in [0.15, 0.2) is 0 Å². The molecular formula is C14H24N2O2. The first-order valence-corrected chi connectivity index (χ1v) is 7.13. The molecule has 0 radical (unpaired) electrons. The zero-order chi connectivity index (χ0) is 13.1. The second kappa shape index (κ2) is 5.72. The lowest BCUT2D eigenvalue weighted by atomic mass is 9.84. The number of carbonyl (C=O) groups is 2. The fourth-order valence-corrected chi connectivity index (χ4v) is 3.27. The van der Waals surface area contributed by atoms with Crippen LogP contribution in [0.3, 0.4) is 0 Å². The Morgan fingerprint density at radius 2 is 2.00 bits per heavy atom. The van der Waals surface area contributed by atoms with Gasteiger partial charge in [0.15, 0.2) is 0 Å². The van der Waals surface area contributed by atoms with Crippen molar-refractivity contribution in [2.45, 2.75) is 51.5 Å². The summed E-state index contributed by atoms with van der Waals surface area (Å²) in [6.07, 6.45) is 6.07. The number of rotatable bonds is 2. The van der Waals surface area contributed by atoms with Crippen molar-refractivity contribution in [3.63, 3.8) is 0 Å². The van der Waals surface area contributed by atoms with Gasteiger partial charge in [0, 0.05) is 26.1 Å². The highest BCUT2D eigenvalue weighted by atomic mass is 16.2. The van der Waals surface area contributed by atoms with E-state index in [1.54, 1.807) is 0 Å². The maximum Gasteiger partial charge on any atom is 0.227 e. The van der Waals surface area contributed by atoms with Gasteiger partial charge in [-0.3, -0.25) is 9.59 Å². The van der Waals surface area contributed by atoms with Crippen LogP contribution < -0.4 is 5.32 Å². The lowest BCUT2D eigenvalue weighted by Gasteiger charge is -2.38. The summed E-state index contributed by atoms with van der Waals surface area (Å²) in [7, 11) is 1.94. The highest BCUT2D eigenvalue weighted by molar-refractivity contribution is 5.83. The SMILES string of the molecule is CC1CCCCC1N(C)C(=O)C1CCC(=O)NC1. The minimum atomic E-state index is -0.0122. The van der Waals surface area contributed by atoms with Crippen LogP contribution in [0.1, 0.15) is 45.4 Å². The number of hydrogen-bond acceptors (Lipinski definition) is 2. The van der Waals surface area contributed by atoms with Gasteiger partial charge in [0.25, 0.3) is 0 Å². The van der Waals surface area contributed by atoms with Crippen molar-refractivity contribution in [1.29, 1.82) is 0 Å². The molecule has 18 heavy (non-hydrogen) atoms. The minimum absolute atomic E-state index is 0.0122. The van der Waals surface area contributed by atoms with Crippen LogP contribution in [0.2, 0.25) is 0 Å². The Balaban J connectivity index is 1.93. The maximum atomic E-state index is 12.4. The number of nitrogens with one attached hydrogen (secondary N) is 1. The number of amides is 2. The van der Waals surface area contributed by atoms with Crippen molar-refractivity contribution < 1.29 is 9.59 Å². The van der Waals surface area contributed by atoms with Crippen LogP contribution in [0.5, 0.6) is 0 Å². The monoisotopic (exact) mass is 252 g/mol. The Hall–Kier alpha value is -1.06. The van der Waals surface area contributed by atoms with E-state index < -0.39 is 0 Å². The van der Waals surface area contributed by atoms with Gasteiger partial charge in [-0.15, -0.1) is 0 Å². The first-order valence-electron chi connectivity index (χ1n) is 7.13. The van der Waals surface area contributed by atoms with E-state index in [2.05, 4.69) is 12.2 Å². The summed E-state index contributed by atoms with van der Waals surface area (Å²) in [5, 5.41) is 2.80. The molecule has 1 aliphatic heterocycles. The number of hydrogen-bond donors (Lipinski definition) is 1. The van der Waals surface area contributed by atoms with Crippen LogP contribution in [0, 0.1) is 11.8 Å². The highest BCUT2D eigenvalue weighted by Gasteiger charge is 2.33. The summed E-state index contributed by atoms with van der Waals surface area (Å²) in [5.41, 5.74) is 0. The average molecular weight is 252 g/mol. The largest absolute Gasteiger partial charge is 0.355 e. The van der Waals surface area contributed by atoms with Gasteiger partial charge in [-0.25, -0.2) is 0 Å². The van der Waals surface area contributed by atoms with Crippen LogP contribution in [0.25, 0.3) is 0 Å². The molecule has 0 aromatic carbocycles. The third-order valence-electron chi connectivity index (χ3n) is 4.53. The minimum Gasteiger partial charge on any atom is -0.355 e. The predicted molar refractivity (Wildman–Crippen MR) is 69.9 cm³/mol. The fourth-order valence-electron chi connectivity index (χ4n) is 3.27. The number of piperidine rings is 1. The molecule has 2 rings (SSSR count). The first kappa shape index (κ1) is 13.4. The van der Waals surface area contributed by atoms with E-state index in [0.29, 0.717) is 31.3 Å². The zero-order valence-corrected chi connectivity index (χ0v) is 11.4. The van der Waals surface area contributed by atoms with Gasteiger partial charge in [0.2, 0.25) is 11.8 Å². The fraction of sp³-hybridized carbons (Fsp3) is 0.857.